The largest absolute Gasteiger partial charge is 0.478 e. The second kappa shape index (κ2) is 3.12. The maximum atomic E-state index is 11.0. The van der Waals surface area contributed by atoms with Crippen molar-refractivity contribution in [2.45, 2.75) is 20.8 Å². The van der Waals surface area contributed by atoms with Crippen molar-refractivity contribution in [1.82, 2.24) is 4.98 Å². The number of benzene rings is 1. The molecular weight excluding hydrogens is 190 g/mol. The van der Waals surface area contributed by atoms with Crippen LogP contribution in [-0.2, 0) is 0 Å². The fourth-order valence-corrected chi connectivity index (χ4v) is 1.85. The Bertz CT molecular complexity index is 552. The Balaban J connectivity index is 2.83. The summed E-state index contributed by atoms with van der Waals surface area (Å²) in [7, 11) is 0. The van der Waals surface area contributed by atoms with Gasteiger partial charge in [-0.15, -0.1) is 0 Å². The summed E-state index contributed by atoms with van der Waals surface area (Å²) >= 11 is 0. The van der Waals surface area contributed by atoms with Crippen molar-refractivity contribution in [2.75, 3.05) is 0 Å². The molecule has 0 saturated heterocycles. The first kappa shape index (κ1) is 9.77. The molecule has 0 aliphatic heterocycles. The molecule has 0 amide bonds. The molecule has 3 heteroatoms. The first-order chi connectivity index (χ1) is 7.00. The fraction of sp³-hybridized carbons (Fsp3) is 0.250. The molecule has 3 nitrogen and oxygen atoms in total. The molecule has 0 fully saturated rings. The van der Waals surface area contributed by atoms with Gasteiger partial charge in [0.1, 0.15) is 0 Å². The van der Waals surface area contributed by atoms with Gasteiger partial charge in [0.25, 0.3) is 0 Å². The Kier molecular flexibility index (Phi) is 2.03. The maximum Gasteiger partial charge on any atom is 0.335 e. The van der Waals surface area contributed by atoms with Gasteiger partial charge in [-0.2, -0.15) is 0 Å². The number of fused-ring (bicyclic) bond motifs is 1. The number of hydrogen-bond donors (Lipinski definition) is 2. The molecule has 0 atom stereocenters. The molecule has 1 aromatic heterocycles. The summed E-state index contributed by atoms with van der Waals surface area (Å²) in [6.45, 7) is 5.80. The van der Waals surface area contributed by atoms with Crippen LogP contribution in [0.1, 0.15) is 27.2 Å². The van der Waals surface area contributed by atoms with Crippen LogP contribution in [0.2, 0.25) is 0 Å². The second-order valence-electron chi connectivity index (χ2n) is 3.89. The normalized spacial score (nSPS) is 10.9. The number of rotatable bonds is 1. The lowest BCUT2D eigenvalue weighted by Crippen LogP contribution is -1.99. The highest BCUT2D eigenvalue weighted by Gasteiger charge is 2.11. The molecule has 1 heterocycles. The predicted molar refractivity (Wildman–Crippen MR) is 59.5 cm³/mol. The van der Waals surface area contributed by atoms with Gasteiger partial charge in [-0.05, 0) is 44.0 Å². The van der Waals surface area contributed by atoms with Gasteiger partial charge in [-0.25, -0.2) is 4.79 Å². The van der Waals surface area contributed by atoms with E-state index in [0.717, 1.165) is 27.7 Å². The first-order valence-corrected chi connectivity index (χ1v) is 4.83. The number of aryl methyl sites for hydroxylation is 3. The maximum absolute atomic E-state index is 11.0. The van der Waals surface area contributed by atoms with Gasteiger partial charge in [-0.1, -0.05) is 0 Å². The summed E-state index contributed by atoms with van der Waals surface area (Å²) < 4.78 is 0. The van der Waals surface area contributed by atoms with Crippen LogP contribution >= 0.6 is 0 Å². The van der Waals surface area contributed by atoms with E-state index in [4.69, 9.17) is 5.11 Å². The SMILES string of the molecule is Cc1cc2[nH]c(C)c(C)c2cc1C(=O)O. The van der Waals surface area contributed by atoms with Crippen LogP contribution < -0.4 is 0 Å². The summed E-state index contributed by atoms with van der Waals surface area (Å²) in [5.74, 6) is -0.868. The summed E-state index contributed by atoms with van der Waals surface area (Å²) in [6, 6.07) is 3.63. The van der Waals surface area contributed by atoms with Gasteiger partial charge >= 0.3 is 5.97 Å². The van der Waals surface area contributed by atoms with Crippen LogP contribution in [0.5, 0.6) is 0 Å². The number of aromatic amines is 1. The average molecular weight is 203 g/mol. The van der Waals surface area contributed by atoms with Gasteiger partial charge in [0, 0.05) is 16.6 Å². The molecule has 0 unspecified atom stereocenters. The van der Waals surface area contributed by atoms with Crippen molar-refractivity contribution in [3.8, 4) is 0 Å². The van der Waals surface area contributed by atoms with E-state index in [1.807, 2.05) is 26.8 Å². The van der Waals surface area contributed by atoms with Gasteiger partial charge in [0.2, 0.25) is 0 Å². The minimum Gasteiger partial charge on any atom is -0.478 e. The smallest absolute Gasteiger partial charge is 0.335 e. The Labute approximate surface area is 87.7 Å². The third-order valence-electron chi connectivity index (χ3n) is 2.88. The van der Waals surface area contributed by atoms with Crippen molar-refractivity contribution in [1.29, 1.82) is 0 Å². The van der Waals surface area contributed by atoms with Crippen LogP contribution in [0.3, 0.4) is 0 Å². The lowest BCUT2D eigenvalue weighted by Gasteiger charge is -2.01. The molecule has 78 valence electrons. The van der Waals surface area contributed by atoms with Crippen LogP contribution in [0.15, 0.2) is 12.1 Å². The summed E-state index contributed by atoms with van der Waals surface area (Å²) in [4.78, 5) is 14.2. The van der Waals surface area contributed by atoms with Crippen molar-refractivity contribution in [2.24, 2.45) is 0 Å². The predicted octanol–water partition coefficient (Wildman–Crippen LogP) is 2.79. The third-order valence-corrected chi connectivity index (χ3v) is 2.88. The Morgan fingerprint density at radius 2 is 1.93 bits per heavy atom. The number of carboxylic acids is 1. The molecule has 2 N–H and O–H groups in total. The number of carbonyl (C=O) groups is 1. The van der Waals surface area contributed by atoms with E-state index >= 15 is 0 Å². The highest BCUT2D eigenvalue weighted by Crippen LogP contribution is 2.24. The molecule has 0 aliphatic rings. The summed E-state index contributed by atoms with van der Waals surface area (Å²) in [5, 5.41) is 10.0. The van der Waals surface area contributed by atoms with Crippen molar-refractivity contribution in [3.05, 3.63) is 34.5 Å². The molecule has 0 saturated carbocycles. The van der Waals surface area contributed by atoms with Crippen LogP contribution in [-0.4, -0.2) is 16.1 Å². The lowest BCUT2D eigenvalue weighted by molar-refractivity contribution is 0.0696. The van der Waals surface area contributed by atoms with Crippen LogP contribution in [0.25, 0.3) is 10.9 Å². The van der Waals surface area contributed by atoms with E-state index in [1.165, 1.54) is 0 Å². The molecular formula is C12H13NO2. The number of nitrogens with one attached hydrogen (secondary N) is 1. The number of carboxylic acid groups (broad SMARTS) is 1. The molecule has 0 bridgehead atoms. The molecule has 2 rings (SSSR count). The Hall–Kier alpha value is -1.77. The van der Waals surface area contributed by atoms with E-state index in [0.29, 0.717) is 5.56 Å². The van der Waals surface area contributed by atoms with E-state index in [9.17, 15) is 4.79 Å². The van der Waals surface area contributed by atoms with E-state index in [-0.39, 0.29) is 0 Å². The highest BCUT2D eigenvalue weighted by atomic mass is 16.4. The van der Waals surface area contributed by atoms with Gasteiger partial charge in [0.05, 0.1) is 5.56 Å². The number of aromatic nitrogens is 1. The lowest BCUT2D eigenvalue weighted by atomic mass is 10.0. The van der Waals surface area contributed by atoms with Gasteiger partial charge in [0.15, 0.2) is 0 Å². The van der Waals surface area contributed by atoms with Gasteiger partial charge < -0.3 is 10.1 Å². The van der Waals surface area contributed by atoms with Crippen molar-refractivity contribution >= 4 is 16.9 Å². The number of aromatic carboxylic acids is 1. The monoisotopic (exact) mass is 203 g/mol. The number of H-pyrrole nitrogens is 1. The zero-order valence-electron chi connectivity index (χ0n) is 9.01. The van der Waals surface area contributed by atoms with Crippen molar-refractivity contribution in [3.63, 3.8) is 0 Å². The summed E-state index contributed by atoms with van der Waals surface area (Å²) in [5.41, 5.74) is 4.38. The standard InChI is InChI=1S/C12H13NO2/c1-6-4-11-10(5-9(6)12(14)15)7(2)8(3)13-11/h4-5,13H,1-3H3,(H,14,15). The van der Waals surface area contributed by atoms with Crippen molar-refractivity contribution < 1.29 is 9.90 Å². The van der Waals surface area contributed by atoms with Gasteiger partial charge in [-0.3, -0.25) is 0 Å². The topological polar surface area (TPSA) is 53.1 Å². The van der Waals surface area contributed by atoms with E-state index < -0.39 is 5.97 Å². The molecule has 2 aromatic rings. The second-order valence-corrected chi connectivity index (χ2v) is 3.89. The third kappa shape index (κ3) is 1.40. The minimum atomic E-state index is -0.868. The molecule has 0 spiro atoms. The fourth-order valence-electron chi connectivity index (χ4n) is 1.85. The molecule has 0 aliphatic carbocycles. The Morgan fingerprint density at radius 3 is 2.53 bits per heavy atom. The van der Waals surface area contributed by atoms with Crippen LogP contribution in [0.4, 0.5) is 0 Å². The average Bonchev–Trinajstić information content (AvgIpc) is 2.41. The zero-order chi connectivity index (χ0) is 11.2. The minimum absolute atomic E-state index is 0.379. The molecule has 15 heavy (non-hydrogen) atoms. The summed E-state index contributed by atoms with van der Waals surface area (Å²) in [6.07, 6.45) is 0. The molecule has 1 aromatic carbocycles. The quantitative estimate of drug-likeness (QED) is 0.748. The Morgan fingerprint density at radius 1 is 1.27 bits per heavy atom. The molecule has 0 radical (unpaired) electrons. The van der Waals surface area contributed by atoms with Crippen LogP contribution in [0, 0.1) is 20.8 Å². The van der Waals surface area contributed by atoms with E-state index in [2.05, 4.69) is 4.98 Å². The highest BCUT2D eigenvalue weighted by molar-refractivity contribution is 5.96. The zero-order valence-corrected chi connectivity index (χ0v) is 9.01. The first-order valence-electron chi connectivity index (χ1n) is 4.83. The number of hydrogen-bond acceptors (Lipinski definition) is 1. The van der Waals surface area contributed by atoms with E-state index in [1.54, 1.807) is 6.07 Å².